The first-order valence-corrected chi connectivity index (χ1v) is 6.34. The molecule has 3 rings (SSSR count). The van der Waals surface area contributed by atoms with E-state index < -0.39 is 0 Å². The predicted molar refractivity (Wildman–Crippen MR) is 62.5 cm³/mol. The molecule has 0 fully saturated rings. The highest BCUT2D eigenvalue weighted by atomic mass is 19.2. The van der Waals surface area contributed by atoms with E-state index in [0.29, 0.717) is 18.4 Å². The molecule has 2 aliphatic carbocycles. The molecule has 0 saturated carbocycles. The summed E-state index contributed by atoms with van der Waals surface area (Å²) in [5.74, 6) is 0.934. The van der Waals surface area contributed by atoms with E-state index in [1.807, 2.05) is 5.54 Å². The van der Waals surface area contributed by atoms with Gasteiger partial charge in [0.05, 0.1) is 0 Å². The van der Waals surface area contributed by atoms with Crippen LogP contribution in [0.5, 0.6) is 0 Å². The Morgan fingerprint density at radius 2 is 2.31 bits per heavy atom. The van der Waals surface area contributed by atoms with Crippen LogP contribution in [-0.2, 0) is 0 Å². The van der Waals surface area contributed by atoms with Gasteiger partial charge in [0, 0.05) is 31.5 Å². The van der Waals surface area contributed by atoms with Crippen molar-refractivity contribution in [1.82, 2.24) is 10.9 Å². The molecule has 0 aromatic carbocycles. The maximum Gasteiger partial charge on any atom is 0.0331 e. The first-order valence-electron chi connectivity index (χ1n) is 6.34. The van der Waals surface area contributed by atoms with Crippen molar-refractivity contribution in [3.8, 4) is 0 Å². The van der Waals surface area contributed by atoms with Crippen LogP contribution in [0.3, 0.4) is 0 Å². The summed E-state index contributed by atoms with van der Waals surface area (Å²) in [5.41, 5.74) is 6.58. The Labute approximate surface area is 95.9 Å². The highest BCUT2D eigenvalue weighted by molar-refractivity contribution is 5.34. The number of nitrogens with one attached hydrogen (secondary N) is 2. The van der Waals surface area contributed by atoms with Crippen LogP contribution < -0.4 is 10.9 Å². The van der Waals surface area contributed by atoms with Crippen LogP contribution in [0.4, 0.5) is 4.48 Å². The zero-order valence-corrected chi connectivity index (χ0v) is 9.56. The van der Waals surface area contributed by atoms with Crippen molar-refractivity contribution in [2.45, 2.75) is 25.7 Å². The van der Waals surface area contributed by atoms with Crippen LogP contribution in [0.25, 0.3) is 0 Å². The Morgan fingerprint density at radius 3 is 2.88 bits per heavy atom. The molecule has 0 radical (unpaired) electrons. The van der Waals surface area contributed by atoms with Gasteiger partial charge in [-0.05, 0) is 25.7 Å². The first-order chi connectivity index (χ1) is 7.90. The van der Waals surface area contributed by atoms with Crippen molar-refractivity contribution in [2.75, 3.05) is 19.6 Å². The molecule has 3 aliphatic rings. The molecule has 0 saturated heterocycles. The lowest BCUT2D eigenvalue weighted by Gasteiger charge is -2.41. The second-order valence-corrected chi connectivity index (χ2v) is 5.13. The molecule has 1 heterocycles. The lowest BCUT2D eigenvalue weighted by molar-refractivity contribution is 0.257. The van der Waals surface area contributed by atoms with Gasteiger partial charge in [-0.2, -0.15) is 5.54 Å². The molecule has 16 heavy (non-hydrogen) atoms. The molecule has 2 atom stereocenters. The van der Waals surface area contributed by atoms with Crippen molar-refractivity contribution >= 4 is 0 Å². The fourth-order valence-electron chi connectivity index (χ4n) is 3.25. The van der Waals surface area contributed by atoms with Crippen LogP contribution in [0, 0.1) is 11.8 Å². The van der Waals surface area contributed by atoms with Crippen LogP contribution in [0.15, 0.2) is 22.8 Å². The fraction of sp³-hybridized carbons (Fsp3) is 0.692. The number of hydrogen-bond donors (Lipinski definition) is 2. The Morgan fingerprint density at radius 1 is 1.44 bits per heavy atom. The van der Waals surface area contributed by atoms with Gasteiger partial charge in [-0.3, -0.25) is 0 Å². The lowest BCUT2D eigenvalue weighted by Crippen LogP contribution is -2.43. The average molecular weight is 222 g/mol. The van der Waals surface area contributed by atoms with Crippen molar-refractivity contribution in [1.29, 1.82) is 0 Å². The molecule has 0 bridgehead atoms. The van der Waals surface area contributed by atoms with E-state index >= 15 is 0 Å². The van der Waals surface area contributed by atoms with E-state index in [2.05, 4.69) is 11.4 Å². The third-order valence-corrected chi connectivity index (χ3v) is 4.40. The SMILES string of the molecule is FNCC(C1=CCC1)C1CNCC2=C1CC2. The lowest BCUT2D eigenvalue weighted by atomic mass is 9.68. The second kappa shape index (κ2) is 4.30. The van der Waals surface area contributed by atoms with Crippen LogP contribution in [-0.4, -0.2) is 19.6 Å². The number of halogens is 1. The summed E-state index contributed by atoms with van der Waals surface area (Å²) in [6.07, 6.45) is 7.15. The van der Waals surface area contributed by atoms with E-state index in [0.717, 1.165) is 13.1 Å². The number of hydrogen-bond acceptors (Lipinski definition) is 2. The minimum atomic E-state index is 0.386. The van der Waals surface area contributed by atoms with Crippen molar-refractivity contribution in [3.05, 3.63) is 22.8 Å². The highest BCUT2D eigenvalue weighted by Gasteiger charge is 2.35. The molecule has 2 nitrogen and oxygen atoms in total. The van der Waals surface area contributed by atoms with Gasteiger partial charge in [-0.15, -0.1) is 4.48 Å². The van der Waals surface area contributed by atoms with E-state index in [9.17, 15) is 4.48 Å². The number of rotatable bonds is 4. The van der Waals surface area contributed by atoms with Gasteiger partial charge in [-0.25, -0.2) is 0 Å². The Kier molecular flexibility index (Phi) is 2.82. The molecular weight excluding hydrogens is 203 g/mol. The normalized spacial score (nSPS) is 30.1. The van der Waals surface area contributed by atoms with Crippen LogP contribution in [0.2, 0.25) is 0 Å². The first kappa shape index (κ1) is 10.5. The molecule has 0 aromatic heterocycles. The Balaban J connectivity index is 1.80. The topological polar surface area (TPSA) is 24.1 Å². The molecule has 3 heteroatoms. The van der Waals surface area contributed by atoms with Gasteiger partial charge in [0.15, 0.2) is 0 Å². The van der Waals surface area contributed by atoms with Gasteiger partial charge in [0.1, 0.15) is 0 Å². The molecule has 0 aromatic rings. The summed E-state index contributed by atoms with van der Waals surface area (Å²) >= 11 is 0. The van der Waals surface area contributed by atoms with Gasteiger partial charge in [0.25, 0.3) is 0 Å². The predicted octanol–water partition coefficient (Wildman–Crippen LogP) is 2.11. The zero-order valence-electron chi connectivity index (χ0n) is 9.56. The van der Waals surface area contributed by atoms with E-state index in [1.54, 1.807) is 11.1 Å². The standard InChI is InChI=1S/C13H19FN2/c14-16-8-12(9-2-1-3-9)13-7-15-6-10-4-5-11(10)13/h2,12-13,15-16H,1,3-8H2. The molecular formula is C13H19FN2. The molecule has 2 N–H and O–H groups in total. The Bertz CT molecular complexity index is 346. The molecule has 88 valence electrons. The Hall–Kier alpha value is -0.670. The summed E-state index contributed by atoms with van der Waals surface area (Å²) in [6.45, 7) is 2.58. The average Bonchev–Trinajstić information content (AvgIpc) is 2.16. The minimum absolute atomic E-state index is 0.386. The van der Waals surface area contributed by atoms with Gasteiger partial charge < -0.3 is 5.32 Å². The highest BCUT2D eigenvalue weighted by Crippen LogP contribution is 2.43. The maximum absolute atomic E-state index is 12.4. The van der Waals surface area contributed by atoms with Gasteiger partial charge in [0.2, 0.25) is 0 Å². The van der Waals surface area contributed by atoms with Crippen molar-refractivity contribution in [3.63, 3.8) is 0 Å². The monoisotopic (exact) mass is 222 g/mol. The summed E-state index contributed by atoms with van der Waals surface area (Å²) < 4.78 is 12.4. The van der Waals surface area contributed by atoms with E-state index in [1.165, 1.54) is 31.3 Å². The quantitative estimate of drug-likeness (QED) is 0.562. The third kappa shape index (κ3) is 1.62. The fourth-order valence-corrected chi connectivity index (χ4v) is 3.25. The summed E-state index contributed by atoms with van der Waals surface area (Å²) in [7, 11) is 0. The van der Waals surface area contributed by atoms with E-state index in [-0.39, 0.29) is 0 Å². The van der Waals surface area contributed by atoms with Gasteiger partial charge in [-0.1, -0.05) is 22.8 Å². The van der Waals surface area contributed by atoms with Crippen LogP contribution in [0.1, 0.15) is 25.7 Å². The summed E-state index contributed by atoms with van der Waals surface area (Å²) in [5, 5.41) is 3.47. The summed E-state index contributed by atoms with van der Waals surface area (Å²) in [6, 6.07) is 0. The van der Waals surface area contributed by atoms with Crippen LogP contribution >= 0.6 is 0 Å². The molecule has 0 spiro atoms. The van der Waals surface area contributed by atoms with Gasteiger partial charge >= 0.3 is 0 Å². The van der Waals surface area contributed by atoms with E-state index in [4.69, 9.17) is 0 Å². The maximum atomic E-state index is 12.4. The largest absolute Gasteiger partial charge is 0.312 e. The van der Waals surface area contributed by atoms with Crippen molar-refractivity contribution in [2.24, 2.45) is 11.8 Å². The molecule has 0 amide bonds. The molecule has 2 unspecified atom stereocenters. The third-order valence-electron chi connectivity index (χ3n) is 4.40. The smallest absolute Gasteiger partial charge is 0.0331 e. The number of allylic oxidation sites excluding steroid dienone is 1. The van der Waals surface area contributed by atoms with Crippen molar-refractivity contribution < 1.29 is 4.48 Å². The zero-order chi connectivity index (χ0) is 11.0. The molecule has 1 aliphatic heterocycles. The second-order valence-electron chi connectivity index (χ2n) is 5.13. The minimum Gasteiger partial charge on any atom is -0.312 e. The summed E-state index contributed by atoms with van der Waals surface area (Å²) in [4.78, 5) is 0.